The second-order valence-electron chi connectivity index (χ2n) is 5.99. The number of carbonyl (C=O) groups excluding carboxylic acids is 1. The number of pyridine rings is 1. The second kappa shape index (κ2) is 6.77. The fraction of sp³-hybridized carbons (Fsp3) is 0.143. The Kier molecular flexibility index (Phi) is 4.52. The van der Waals surface area contributed by atoms with Crippen molar-refractivity contribution in [3.8, 4) is 5.75 Å². The highest BCUT2D eigenvalue weighted by atomic mass is 16.5. The summed E-state index contributed by atoms with van der Waals surface area (Å²) in [6.07, 6.45) is 1.84. The quantitative estimate of drug-likeness (QED) is 0.436. The third-order valence-corrected chi connectivity index (χ3v) is 4.08. The molecule has 0 fully saturated rings. The topological polar surface area (TPSA) is 65.2 Å². The van der Waals surface area contributed by atoms with Crippen LogP contribution >= 0.6 is 0 Å². The molecular formula is C21H20N2O2. The van der Waals surface area contributed by atoms with Crippen molar-refractivity contribution in [3.05, 3.63) is 70.9 Å². The van der Waals surface area contributed by atoms with Gasteiger partial charge in [0.05, 0.1) is 18.3 Å². The van der Waals surface area contributed by atoms with Crippen LogP contribution in [0.15, 0.2) is 54.1 Å². The molecule has 0 aliphatic carbocycles. The Balaban J connectivity index is 2.02. The molecule has 2 N–H and O–H groups in total. The van der Waals surface area contributed by atoms with Crippen molar-refractivity contribution in [1.82, 2.24) is 4.98 Å². The summed E-state index contributed by atoms with van der Waals surface area (Å²) < 4.78 is 5.16. The van der Waals surface area contributed by atoms with Crippen LogP contribution in [0.2, 0.25) is 0 Å². The summed E-state index contributed by atoms with van der Waals surface area (Å²) in [5.41, 5.74) is 10.3. The van der Waals surface area contributed by atoms with Gasteiger partial charge >= 0.3 is 0 Å². The van der Waals surface area contributed by atoms with E-state index in [2.05, 4.69) is 4.98 Å². The van der Waals surface area contributed by atoms with Gasteiger partial charge in [-0.15, -0.1) is 0 Å². The first-order valence-electron chi connectivity index (χ1n) is 8.02. The van der Waals surface area contributed by atoms with Crippen LogP contribution in [-0.4, -0.2) is 17.9 Å². The third-order valence-electron chi connectivity index (χ3n) is 4.08. The van der Waals surface area contributed by atoms with Crippen LogP contribution in [0, 0.1) is 6.92 Å². The number of anilines is 1. The molecule has 126 valence electrons. The van der Waals surface area contributed by atoms with E-state index in [0.717, 1.165) is 22.2 Å². The van der Waals surface area contributed by atoms with Gasteiger partial charge in [0.15, 0.2) is 5.78 Å². The van der Waals surface area contributed by atoms with Gasteiger partial charge in [-0.25, -0.2) is 0 Å². The van der Waals surface area contributed by atoms with E-state index < -0.39 is 0 Å². The lowest BCUT2D eigenvalue weighted by molar-refractivity contribution is 0.103. The zero-order chi connectivity index (χ0) is 18.0. The number of aromatic nitrogens is 1. The van der Waals surface area contributed by atoms with Crippen molar-refractivity contribution in [2.24, 2.45) is 0 Å². The number of nitrogens with two attached hydrogens (primary N) is 1. The van der Waals surface area contributed by atoms with Crippen molar-refractivity contribution < 1.29 is 9.53 Å². The Morgan fingerprint density at radius 2 is 1.92 bits per heavy atom. The normalized spacial score (nSPS) is 11.6. The number of rotatable bonds is 4. The molecule has 0 saturated heterocycles. The number of allylic oxidation sites excluding steroid dienone is 1. The highest BCUT2D eigenvalue weighted by molar-refractivity contribution is 6.17. The number of nitrogens with zero attached hydrogens (tertiary/aromatic N) is 1. The molecule has 0 bridgehead atoms. The standard InChI is InChI=1S/C21H20N2O2/c1-13(10-15-8-9-20(25-3)18(22)12-15)21(24)17-11-14(2)23-19-7-5-4-6-16(17)19/h4-12H,22H2,1-3H3/b13-10+. The number of carbonyl (C=O) groups is 1. The minimum Gasteiger partial charge on any atom is -0.495 e. The molecule has 1 heterocycles. The maximum absolute atomic E-state index is 13.0. The van der Waals surface area contributed by atoms with Gasteiger partial charge < -0.3 is 10.5 Å². The number of Topliss-reactive ketones (excluding diaryl/α,β-unsaturated/α-hetero) is 1. The Bertz CT molecular complexity index is 990. The van der Waals surface area contributed by atoms with Gasteiger partial charge in [-0.2, -0.15) is 0 Å². The number of methoxy groups -OCH3 is 1. The predicted octanol–water partition coefficient (Wildman–Crippen LogP) is 4.42. The number of hydrogen-bond acceptors (Lipinski definition) is 4. The Hall–Kier alpha value is -3.14. The van der Waals surface area contributed by atoms with Crippen LogP contribution in [0.5, 0.6) is 5.75 Å². The van der Waals surface area contributed by atoms with E-state index in [1.807, 2.05) is 56.3 Å². The number of hydrogen-bond donors (Lipinski definition) is 1. The number of aryl methyl sites for hydroxylation is 1. The van der Waals surface area contributed by atoms with Gasteiger partial charge in [0.1, 0.15) is 5.75 Å². The van der Waals surface area contributed by atoms with Crippen LogP contribution in [0.3, 0.4) is 0 Å². The molecule has 4 nitrogen and oxygen atoms in total. The largest absolute Gasteiger partial charge is 0.495 e. The summed E-state index contributed by atoms with van der Waals surface area (Å²) in [6, 6.07) is 15.0. The van der Waals surface area contributed by atoms with Crippen molar-refractivity contribution in [2.75, 3.05) is 12.8 Å². The Morgan fingerprint density at radius 1 is 1.16 bits per heavy atom. The first kappa shape index (κ1) is 16.7. The molecule has 0 saturated carbocycles. The summed E-state index contributed by atoms with van der Waals surface area (Å²) in [5, 5.41) is 0.861. The first-order chi connectivity index (χ1) is 12.0. The van der Waals surface area contributed by atoms with Gasteiger partial charge in [0.2, 0.25) is 0 Å². The van der Waals surface area contributed by atoms with Gasteiger partial charge in [-0.1, -0.05) is 24.3 Å². The third kappa shape index (κ3) is 3.38. The molecular weight excluding hydrogens is 312 g/mol. The molecule has 0 aliphatic rings. The van der Waals surface area contributed by atoms with E-state index in [4.69, 9.17) is 10.5 Å². The zero-order valence-corrected chi connectivity index (χ0v) is 14.5. The average molecular weight is 332 g/mol. The van der Waals surface area contributed by atoms with Crippen molar-refractivity contribution in [3.63, 3.8) is 0 Å². The maximum atomic E-state index is 13.0. The molecule has 3 aromatic rings. The maximum Gasteiger partial charge on any atom is 0.189 e. The van der Waals surface area contributed by atoms with Crippen LogP contribution in [-0.2, 0) is 0 Å². The summed E-state index contributed by atoms with van der Waals surface area (Å²) in [6.45, 7) is 3.71. The SMILES string of the molecule is COc1ccc(/C=C(\C)C(=O)c2cc(C)nc3ccccc23)cc1N. The van der Waals surface area contributed by atoms with Crippen molar-refractivity contribution >= 4 is 28.4 Å². The van der Waals surface area contributed by atoms with Crippen LogP contribution in [0.25, 0.3) is 17.0 Å². The minimum atomic E-state index is -0.0175. The first-order valence-corrected chi connectivity index (χ1v) is 8.02. The van der Waals surface area contributed by atoms with Crippen LogP contribution in [0.4, 0.5) is 5.69 Å². The molecule has 4 heteroatoms. The molecule has 2 aromatic carbocycles. The molecule has 25 heavy (non-hydrogen) atoms. The number of ether oxygens (including phenoxy) is 1. The molecule has 0 aliphatic heterocycles. The van der Waals surface area contributed by atoms with E-state index in [-0.39, 0.29) is 5.78 Å². The highest BCUT2D eigenvalue weighted by Gasteiger charge is 2.13. The molecule has 1 aromatic heterocycles. The highest BCUT2D eigenvalue weighted by Crippen LogP contribution is 2.25. The molecule has 0 atom stereocenters. The molecule has 0 radical (unpaired) electrons. The van der Waals surface area contributed by atoms with E-state index in [1.165, 1.54) is 0 Å². The molecule has 0 unspecified atom stereocenters. The van der Waals surface area contributed by atoms with Crippen LogP contribution < -0.4 is 10.5 Å². The number of fused-ring (bicyclic) bond motifs is 1. The lowest BCUT2D eigenvalue weighted by atomic mass is 9.98. The summed E-state index contributed by atoms with van der Waals surface area (Å²) in [5.74, 6) is 0.605. The second-order valence-corrected chi connectivity index (χ2v) is 5.99. The lowest BCUT2D eigenvalue weighted by Gasteiger charge is -2.08. The Labute approximate surface area is 147 Å². The minimum absolute atomic E-state index is 0.0175. The van der Waals surface area contributed by atoms with Crippen LogP contribution in [0.1, 0.15) is 28.5 Å². The van der Waals surface area contributed by atoms with Gasteiger partial charge in [0.25, 0.3) is 0 Å². The van der Waals surface area contributed by atoms with E-state index in [1.54, 1.807) is 19.2 Å². The lowest BCUT2D eigenvalue weighted by Crippen LogP contribution is -2.03. The van der Waals surface area contributed by atoms with Gasteiger partial charge in [-0.3, -0.25) is 9.78 Å². The molecule has 3 rings (SSSR count). The molecule has 0 amide bonds. The number of ketones is 1. The van der Waals surface area contributed by atoms with Crippen molar-refractivity contribution in [1.29, 1.82) is 0 Å². The molecule has 0 spiro atoms. The average Bonchev–Trinajstić information content (AvgIpc) is 2.60. The van der Waals surface area contributed by atoms with Crippen molar-refractivity contribution in [2.45, 2.75) is 13.8 Å². The van der Waals surface area contributed by atoms with E-state index in [9.17, 15) is 4.79 Å². The number of nitrogen functional groups attached to an aromatic ring is 1. The fourth-order valence-electron chi connectivity index (χ4n) is 2.87. The number of para-hydroxylation sites is 1. The van der Waals surface area contributed by atoms with E-state index in [0.29, 0.717) is 22.6 Å². The fourth-order valence-corrected chi connectivity index (χ4v) is 2.87. The van der Waals surface area contributed by atoms with Gasteiger partial charge in [0, 0.05) is 16.6 Å². The number of benzene rings is 2. The predicted molar refractivity (Wildman–Crippen MR) is 102 cm³/mol. The Morgan fingerprint density at radius 3 is 2.64 bits per heavy atom. The monoisotopic (exact) mass is 332 g/mol. The smallest absolute Gasteiger partial charge is 0.189 e. The summed E-state index contributed by atoms with van der Waals surface area (Å²) in [4.78, 5) is 17.5. The zero-order valence-electron chi connectivity index (χ0n) is 14.5. The van der Waals surface area contributed by atoms with E-state index >= 15 is 0 Å². The summed E-state index contributed by atoms with van der Waals surface area (Å²) in [7, 11) is 1.58. The van der Waals surface area contributed by atoms with Gasteiger partial charge in [-0.05, 0) is 55.3 Å². The summed E-state index contributed by atoms with van der Waals surface area (Å²) >= 11 is 0.